The maximum atomic E-state index is 4.10. The summed E-state index contributed by atoms with van der Waals surface area (Å²) < 4.78 is 2.42. The summed E-state index contributed by atoms with van der Waals surface area (Å²) in [5, 5.41) is 0. The van der Waals surface area contributed by atoms with Crippen molar-refractivity contribution in [1.82, 2.24) is 3.61 Å². The predicted octanol–water partition coefficient (Wildman–Crippen LogP) is 2.16. The summed E-state index contributed by atoms with van der Waals surface area (Å²) in [5.41, 5.74) is 7.17. The summed E-state index contributed by atoms with van der Waals surface area (Å²) in [6.07, 6.45) is 2.14. The Hall–Kier alpha value is -0.154. The number of nitrogens with zero attached hydrogens (tertiary/aromatic N) is 2. The third-order valence-corrected chi connectivity index (χ3v) is 6.21. The SMILES string of the molecule is CN=C(C)/C=C(/C)[N](C)[Ga]([CH3])[CH3]. The quantitative estimate of drug-likeness (QED) is 0.530. The second kappa shape index (κ2) is 5.48. The summed E-state index contributed by atoms with van der Waals surface area (Å²) in [5.74, 6) is 0. The van der Waals surface area contributed by atoms with Crippen molar-refractivity contribution < 1.29 is 0 Å². The molecule has 0 spiro atoms. The van der Waals surface area contributed by atoms with Gasteiger partial charge in [0.25, 0.3) is 0 Å². The molecule has 0 rings (SSSR count). The number of rotatable bonds is 3. The first-order valence-electron chi connectivity index (χ1n) is 4.33. The van der Waals surface area contributed by atoms with Crippen molar-refractivity contribution in [1.29, 1.82) is 0 Å². The van der Waals surface area contributed by atoms with E-state index in [1.165, 1.54) is 5.70 Å². The van der Waals surface area contributed by atoms with Gasteiger partial charge >= 0.3 is 81.4 Å². The van der Waals surface area contributed by atoms with Crippen LogP contribution >= 0.6 is 0 Å². The van der Waals surface area contributed by atoms with Gasteiger partial charge in [0.1, 0.15) is 0 Å². The van der Waals surface area contributed by atoms with Crippen LogP contribution in [-0.2, 0) is 0 Å². The van der Waals surface area contributed by atoms with Crippen molar-refractivity contribution >= 4 is 22.2 Å². The van der Waals surface area contributed by atoms with Crippen molar-refractivity contribution in [3.63, 3.8) is 0 Å². The van der Waals surface area contributed by atoms with E-state index in [0.29, 0.717) is 0 Å². The molecule has 0 saturated carbocycles. The Morgan fingerprint density at radius 1 is 1.33 bits per heavy atom. The molecule has 0 aliphatic carbocycles. The third kappa shape index (κ3) is 4.02. The molecule has 3 heteroatoms. The van der Waals surface area contributed by atoms with Crippen LogP contribution in [0.4, 0.5) is 0 Å². The Morgan fingerprint density at radius 2 is 1.83 bits per heavy atom. The van der Waals surface area contributed by atoms with Gasteiger partial charge in [-0.2, -0.15) is 0 Å². The molecule has 0 amide bonds. The van der Waals surface area contributed by atoms with Gasteiger partial charge in [0.2, 0.25) is 0 Å². The molecule has 0 saturated heterocycles. The summed E-state index contributed by atoms with van der Waals surface area (Å²) >= 11 is -1.11. The average Bonchev–Trinajstić information content (AvgIpc) is 2.02. The van der Waals surface area contributed by atoms with Gasteiger partial charge in [0.05, 0.1) is 0 Å². The number of hydrogen-bond acceptors (Lipinski definition) is 2. The van der Waals surface area contributed by atoms with Gasteiger partial charge in [-0.05, 0) is 0 Å². The van der Waals surface area contributed by atoms with E-state index in [1.807, 2.05) is 14.0 Å². The molecular formula is C9H19GaN2. The van der Waals surface area contributed by atoms with Crippen LogP contribution in [0.2, 0.25) is 11.0 Å². The second-order valence-electron chi connectivity index (χ2n) is 3.36. The van der Waals surface area contributed by atoms with Crippen molar-refractivity contribution in [3.05, 3.63) is 11.8 Å². The van der Waals surface area contributed by atoms with Crippen LogP contribution in [0.25, 0.3) is 0 Å². The average molecular weight is 225 g/mol. The fourth-order valence-corrected chi connectivity index (χ4v) is 2.74. The van der Waals surface area contributed by atoms with E-state index in [2.05, 4.69) is 39.6 Å². The molecule has 2 nitrogen and oxygen atoms in total. The van der Waals surface area contributed by atoms with Gasteiger partial charge in [-0.25, -0.2) is 0 Å². The molecule has 0 fully saturated rings. The van der Waals surface area contributed by atoms with Crippen LogP contribution in [0.3, 0.4) is 0 Å². The van der Waals surface area contributed by atoms with E-state index in [0.717, 1.165) is 5.71 Å². The summed E-state index contributed by atoms with van der Waals surface area (Å²) in [7, 11) is 4.01. The van der Waals surface area contributed by atoms with E-state index in [-0.39, 0.29) is 0 Å². The number of allylic oxidation sites excluding steroid dienone is 2. The van der Waals surface area contributed by atoms with Crippen LogP contribution in [0.5, 0.6) is 0 Å². The molecule has 0 atom stereocenters. The van der Waals surface area contributed by atoms with Gasteiger partial charge < -0.3 is 0 Å². The van der Waals surface area contributed by atoms with E-state index >= 15 is 0 Å². The maximum absolute atomic E-state index is 4.10. The molecule has 0 aromatic rings. The van der Waals surface area contributed by atoms with E-state index < -0.39 is 16.5 Å². The molecule has 0 aliphatic heterocycles. The first kappa shape index (κ1) is 11.8. The summed E-state index contributed by atoms with van der Waals surface area (Å²) in [4.78, 5) is 4.10. The molecule has 0 radical (unpaired) electrons. The Bertz CT molecular complexity index is 195. The Labute approximate surface area is 81.7 Å². The van der Waals surface area contributed by atoms with Crippen molar-refractivity contribution in [2.45, 2.75) is 24.8 Å². The topological polar surface area (TPSA) is 15.6 Å². The van der Waals surface area contributed by atoms with Gasteiger partial charge in [-0.1, -0.05) is 0 Å². The normalized spacial score (nSPS) is 13.2. The number of aliphatic imine (C=N–C) groups is 1. The molecule has 12 heavy (non-hydrogen) atoms. The molecule has 68 valence electrons. The zero-order valence-electron chi connectivity index (χ0n) is 9.05. The van der Waals surface area contributed by atoms with Gasteiger partial charge in [-0.15, -0.1) is 0 Å². The van der Waals surface area contributed by atoms with E-state index in [1.54, 1.807) is 0 Å². The van der Waals surface area contributed by atoms with Gasteiger partial charge in [0, 0.05) is 0 Å². The zero-order valence-corrected chi connectivity index (χ0v) is 11.5. The Morgan fingerprint density at radius 3 is 2.17 bits per heavy atom. The van der Waals surface area contributed by atoms with Crippen molar-refractivity contribution in [2.75, 3.05) is 14.1 Å². The first-order valence-corrected chi connectivity index (χ1v) is 10.3. The molecule has 0 aromatic carbocycles. The molecule has 0 bridgehead atoms. The van der Waals surface area contributed by atoms with Crippen LogP contribution in [0, 0.1) is 0 Å². The zero-order chi connectivity index (χ0) is 9.72. The van der Waals surface area contributed by atoms with Crippen LogP contribution < -0.4 is 0 Å². The minimum absolute atomic E-state index is 1.10. The van der Waals surface area contributed by atoms with Crippen LogP contribution in [0.1, 0.15) is 13.8 Å². The van der Waals surface area contributed by atoms with Crippen LogP contribution in [-0.4, -0.2) is 39.9 Å². The van der Waals surface area contributed by atoms with Crippen LogP contribution in [0.15, 0.2) is 16.8 Å². The standard InChI is InChI=1S/C7H13N2.2CH3.Ga/c1-6(8-3)5-7(2)9-4;;;/h5H,1-4H3;2*1H3;/q-1;;;+1/b6-5-,9-7?;;;. The fourth-order valence-electron chi connectivity index (χ4n) is 0.876. The molecule has 0 unspecified atom stereocenters. The van der Waals surface area contributed by atoms with Gasteiger partial charge in [-0.3, -0.25) is 0 Å². The summed E-state index contributed by atoms with van der Waals surface area (Å²) in [6, 6.07) is 0. The molecule has 0 heterocycles. The van der Waals surface area contributed by atoms with E-state index in [4.69, 9.17) is 0 Å². The number of hydrogen-bond donors (Lipinski definition) is 0. The molecule has 0 aromatic heterocycles. The molecule has 0 aliphatic rings. The second-order valence-corrected chi connectivity index (χ2v) is 9.57. The first-order chi connectivity index (χ1) is 5.49. The molecular weight excluding hydrogens is 206 g/mol. The minimum atomic E-state index is -1.11. The predicted molar refractivity (Wildman–Crippen MR) is 58.0 cm³/mol. The third-order valence-electron chi connectivity index (χ3n) is 2.10. The van der Waals surface area contributed by atoms with Crippen molar-refractivity contribution in [3.8, 4) is 0 Å². The van der Waals surface area contributed by atoms with Gasteiger partial charge in [0.15, 0.2) is 0 Å². The molecule has 0 N–H and O–H groups in total. The fraction of sp³-hybridized carbons (Fsp3) is 0.667. The Kier molecular flexibility index (Phi) is 5.41. The van der Waals surface area contributed by atoms with Crippen molar-refractivity contribution in [2.24, 2.45) is 4.99 Å². The monoisotopic (exact) mass is 224 g/mol. The Balaban J connectivity index is 4.37. The summed E-state index contributed by atoms with van der Waals surface area (Å²) in [6.45, 7) is 4.19. The van der Waals surface area contributed by atoms with E-state index in [9.17, 15) is 0 Å².